The molecule has 2 fully saturated rings. The van der Waals surface area contributed by atoms with E-state index in [4.69, 9.17) is 17.3 Å². The second-order valence-corrected chi connectivity index (χ2v) is 7.42. The van der Waals surface area contributed by atoms with E-state index >= 15 is 0 Å². The minimum atomic E-state index is -0.434. The largest absolute Gasteiger partial charge is 0.350 e. The van der Waals surface area contributed by atoms with Crippen LogP contribution in [0.3, 0.4) is 0 Å². The molecule has 23 heavy (non-hydrogen) atoms. The van der Waals surface area contributed by atoms with Gasteiger partial charge in [-0.1, -0.05) is 11.6 Å². The molecule has 3 N–H and O–H groups in total. The van der Waals surface area contributed by atoms with Gasteiger partial charge < -0.3 is 16.0 Å². The molecule has 1 aliphatic carbocycles. The van der Waals surface area contributed by atoms with Crippen molar-refractivity contribution in [3.63, 3.8) is 0 Å². The zero-order valence-corrected chi connectivity index (χ0v) is 14.3. The molecule has 2 amide bonds. The zero-order chi connectivity index (χ0) is 16.4. The number of nitrogens with one attached hydrogen (secondary N) is 1. The van der Waals surface area contributed by atoms with Gasteiger partial charge in [0.25, 0.3) is 5.91 Å². The van der Waals surface area contributed by atoms with Gasteiger partial charge in [0, 0.05) is 28.9 Å². The van der Waals surface area contributed by atoms with E-state index in [-0.39, 0.29) is 17.9 Å². The molecule has 3 rings (SSSR count). The molecule has 124 valence electrons. The fourth-order valence-electron chi connectivity index (χ4n) is 2.77. The van der Waals surface area contributed by atoms with Gasteiger partial charge in [0.2, 0.25) is 5.91 Å². The summed E-state index contributed by atoms with van der Waals surface area (Å²) in [6.07, 6.45) is 2.24. The highest BCUT2D eigenvalue weighted by molar-refractivity contribution is 7.99. The molecule has 1 saturated heterocycles. The molecule has 1 aromatic carbocycles. The fourth-order valence-corrected chi connectivity index (χ4v) is 4.04. The number of hydrogen-bond acceptors (Lipinski definition) is 4. The summed E-state index contributed by atoms with van der Waals surface area (Å²) in [5.74, 6) is 1.41. The summed E-state index contributed by atoms with van der Waals surface area (Å²) in [6, 6.07) is 6.34. The molecule has 1 aliphatic heterocycles. The first-order chi connectivity index (χ1) is 11.1. The number of amides is 2. The van der Waals surface area contributed by atoms with Crippen molar-refractivity contribution in [2.24, 2.45) is 11.7 Å². The number of nitrogens with two attached hydrogens (primary N) is 1. The van der Waals surface area contributed by atoms with Gasteiger partial charge in [0.1, 0.15) is 6.04 Å². The third-order valence-corrected chi connectivity index (χ3v) is 5.57. The Kier molecular flexibility index (Phi) is 5.14. The number of carbonyl (C=O) groups excluding carboxylic acids is 2. The summed E-state index contributed by atoms with van der Waals surface area (Å²) >= 11 is 7.45. The van der Waals surface area contributed by atoms with Crippen molar-refractivity contribution in [3.8, 4) is 0 Å². The van der Waals surface area contributed by atoms with Crippen molar-refractivity contribution >= 4 is 35.2 Å². The Morgan fingerprint density at radius 2 is 2.04 bits per heavy atom. The Morgan fingerprint density at radius 3 is 2.65 bits per heavy atom. The average molecular weight is 354 g/mol. The van der Waals surface area contributed by atoms with Crippen LogP contribution < -0.4 is 11.1 Å². The van der Waals surface area contributed by atoms with E-state index in [2.05, 4.69) is 5.32 Å². The quantitative estimate of drug-likeness (QED) is 0.845. The summed E-state index contributed by atoms with van der Waals surface area (Å²) in [5, 5.41) is 3.61. The minimum absolute atomic E-state index is 0.0283. The first-order valence-electron chi connectivity index (χ1n) is 7.75. The average Bonchev–Trinajstić information content (AvgIpc) is 3.28. The van der Waals surface area contributed by atoms with Crippen LogP contribution in [-0.4, -0.2) is 47.0 Å². The predicted octanol–water partition coefficient (Wildman–Crippen LogP) is 1.71. The monoisotopic (exact) mass is 353 g/mol. The highest BCUT2D eigenvalue weighted by atomic mass is 35.5. The highest BCUT2D eigenvalue weighted by Crippen LogP contribution is 2.32. The third kappa shape index (κ3) is 3.82. The van der Waals surface area contributed by atoms with Crippen LogP contribution in [0.2, 0.25) is 5.02 Å². The van der Waals surface area contributed by atoms with Crippen LogP contribution in [-0.2, 0) is 4.79 Å². The Balaban J connectivity index is 1.67. The molecule has 5 nitrogen and oxygen atoms in total. The lowest BCUT2D eigenvalue weighted by atomic mass is 10.1. The van der Waals surface area contributed by atoms with Crippen molar-refractivity contribution in [1.29, 1.82) is 0 Å². The lowest BCUT2D eigenvalue weighted by Crippen LogP contribution is -2.52. The Morgan fingerprint density at radius 1 is 1.35 bits per heavy atom. The van der Waals surface area contributed by atoms with Crippen molar-refractivity contribution in [3.05, 3.63) is 34.9 Å². The van der Waals surface area contributed by atoms with Crippen LogP contribution in [0.15, 0.2) is 24.3 Å². The first kappa shape index (κ1) is 16.6. The minimum Gasteiger partial charge on any atom is -0.350 e. The summed E-state index contributed by atoms with van der Waals surface area (Å²) in [4.78, 5) is 26.8. The Hall–Kier alpha value is -1.24. The highest BCUT2D eigenvalue weighted by Gasteiger charge is 2.38. The normalized spacial score (nSPS) is 22.0. The van der Waals surface area contributed by atoms with Crippen LogP contribution in [0.5, 0.6) is 0 Å². The molecule has 1 heterocycles. The number of rotatable bonds is 5. The van der Waals surface area contributed by atoms with E-state index in [0.717, 1.165) is 12.8 Å². The molecule has 1 saturated carbocycles. The molecule has 2 unspecified atom stereocenters. The molecule has 0 spiro atoms. The van der Waals surface area contributed by atoms with Gasteiger partial charge >= 0.3 is 0 Å². The van der Waals surface area contributed by atoms with E-state index in [1.807, 2.05) is 0 Å². The van der Waals surface area contributed by atoms with Gasteiger partial charge in [-0.05, 0) is 43.0 Å². The number of thioether (sulfide) groups is 1. The second-order valence-electron chi connectivity index (χ2n) is 5.99. The van der Waals surface area contributed by atoms with Crippen molar-refractivity contribution in [2.75, 3.05) is 18.2 Å². The first-order valence-corrected chi connectivity index (χ1v) is 9.28. The van der Waals surface area contributed by atoms with E-state index in [1.165, 1.54) is 0 Å². The number of hydrogen-bond donors (Lipinski definition) is 2. The van der Waals surface area contributed by atoms with Crippen LogP contribution in [0.1, 0.15) is 23.2 Å². The molecule has 0 bridgehead atoms. The molecule has 2 aliphatic rings. The number of nitrogens with zero attached hydrogens (tertiary/aromatic N) is 1. The van der Waals surface area contributed by atoms with Gasteiger partial charge in [-0.25, -0.2) is 0 Å². The van der Waals surface area contributed by atoms with E-state index < -0.39 is 6.04 Å². The zero-order valence-electron chi connectivity index (χ0n) is 12.7. The molecule has 0 radical (unpaired) electrons. The maximum atomic E-state index is 12.6. The van der Waals surface area contributed by atoms with Crippen LogP contribution in [0.4, 0.5) is 0 Å². The molecule has 0 aromatic heterocycles. The van der Waals surface area contributed by atoms with E-state index in [9.17, 15) is 9.59 Å². The fraction of sp³-hybridized carbons (Fsp3) is 0.500. The maximum Gasteiger partial charge on any atom is 0.255 e. The van der Waals surface area contributed by atoms with Crippen LogP contribution in [0.25, 0.3) is 0 Å². The maximum absolute atomic E-state index is 12.6. The van der Waals surface area contributed by atoms with Gasteiger partial charge in [-0.3, -0.25) is 9.59 Å². The standard InChI is InChI=1S/C16H20ClN3O2S/c17-12-5-3-11(4-6-12)16(22)20-9-23-8-14(20)15(21)19-13(7-18)10-1-2-10/h3-6,10,13-14H,1-2,7-9,18H2,(H,19,21). The molecular weight excluding hydrogens is 334 g/mol. The second kappa shape index (κ2) is 7.11. The molecule has 1 aromatic rings. The van der Waals surface area contributed by atoms with Crippen molar-refractivity contribution in [1.82, 2.24) is 10.2 Å². The smallest absolute Gasteiger partial charge is 0.255 e. The van der Waals surface area contributed by atoms with E-state index in [1.54, 1.807) is 40.9 Å². The summed E-state index contributed by atoms with van der Waals surface area (Å²) in [5.41, 5.74) is 6.30. The third-order valence-electron chi connectivity index (χ3n) is 4.31. The van der Waals surface area contributed by atoms with Gasteiger partial charge in [0.05, 0.1) is 5.88 Å². The molecule has 2 atom stereocenters. The number of benzene rings is 1. The predicted molar refractivity (Wildman–Crippen MR) is 92.4 cm³/mol. The molecular formula is C16H20ClN3O2S. The molecule has 7 heteroatoms. The summed E-state index contributed by atoms with van der Waals surface area (Å²) in [6.45, 7) is 0.446. The SMILES string of the molecule is NCC(NC(=O)C1CSCN1C(=O)c1ccc(Cl)cc1)C1CC1. The summed E-state index contributed by atoms with van der Waals surface area (Å²) in [7, 11) is 0. The number of halogens is 1. The summed E-state index contributed by atoms with van der Waals surface area (Å²) < 4.78 is 0. The number of carbonyl (C=O) groups is 2. The Labute approximate surface area is 144 Å². The van der Waals surface area contributed by atoms with Gasteiger partial charge in [-0.2, -0.15) is 0 Å². The van der Waals surface area contributed by atoms with Crippen molar-refractivity contribution < 1.29 is 9.59 Å². The van der Waals surface area contributed by atoms with Crippen LogP contribution >= 0.6 is 23.4 Å². The Bertz CT molecular complexity index is 591. The van der Waals surface area contributed by atoms with Gasteiger partial charge in [-0.15, -0.1) is 11.8 Å². The lowest BCUT2D eigenvalue weighted by Gasteiger charge is -2.25. The van der Waals surface area contributed by atoms with Crippen LogP contribution in [0, 0.1) is 5.92 Å². The van der Waals surface area contributed by atoms with Gasteiger partial charge in [0.15, 0.2) is 0 Å². The lowest BCUT2D eigenvalue weighted by molar-refractivity contribution is -0.125. The van der Waals surface area contributed by atoms with Crippen molar-refractivity contribution in [2.45, 2.75) is 24.9 Å². The topological polar surface area (TPSA) is 75.4 Å². The van der Waals surface area contributed by atoms with E-state index in [0.29, 0.717) is 34.7 Å².